The molecule has 2 aliphatic heterocycles. The van der Waals surface area contributed by atoms with Crippen molar-refractivity contribution < 1.29 is 4.79 Å². The van der Waals surface area contributed by atoms with Gasteiger partial charge in [0.1, 0.15) is 5.54 Å². The fourth-order valence-electron chi connectivity index (χ4n) is 1.61. The number of carbonyl (C=O) groups is 1. The summed E-state index contributed by atoms with van der Waals surface area (Å²) in [6, 6.07) is 0. The molecular formula is C9H12N2O. The minimum absolute atomic E-state index is 0.0845. The monoisotopic (exact) mass is 164 g/mol. The maximum absolute atomic E-state index is 11.6. The minimum atomic E-state index is -0.451. The lowest BCUT2D eigenvalue weighted by atomic mass is 9.96. The van der Waals surface area contributed by atoms with Crippen molar-refractivity contribution >= 4 is 5.91 Å². The number of nitrogens with one attached hydrogen (secondary N) is 2. The second-order valence-electron chi connectivity index (χ2n) is 3.14. The quantitative estimate of drug-likeness (QED) is 0.493. The molecule has 0 radical (unpaired) electrons. The SMILES string of the molecule is O=C1NCC=CCC12C=CCN2. The van der Waals surface area contributed by atoms with Gasteiger partial charge in [-0.2, -0.15) is 0 Å². The highest BCUT2D eigenvalue weighted by Crippen LogP contribution is 2.19. The fourth-order valence-corrected chi connectivity index (χ4v) is 1.61. The molecule has 3 heteroatoms. The van der Waals surface area contributed by atoms with Gasteiger partial charge < -0.3 is 5.32 Å². The van der Waals surface area contributed by atoms with Crippen LogP contribution < -0.4 is 10.6 Å². The van der Waals surface area contributed by atoms with E-state index in [2.05, 4.69) is 10.6 Å². The molecule has 1 amide bonds. The van der Waals surface area contributed by atoms with Gasteiger partial charge in [-0.05, 0) is 6.42 Å². The fraction of sp³-hybridized carbons (Fsp3) is 0.444. The summed E-state index contributed by atoms with van der Waals surface area (Å²) in [6.45, 7) is 1.44. The average Bonchev–Trinajstić information content (AvgIpc) is 2.45. The van der Waals surface area contributed by atoms with Crippen molar-refractivity contribution in [3.05, 3.63) is 24.3 Å². The van der Waals surface area contributed by atoms with Gasteiger partial charge in [0.15, 0.2) is 0 Å². The molecule has 0 saturated heterocycles. The Morgan fingerprint density at radius 3 is 2.92 bits per heavy atom. The lowest BCUT2D eigenvalue weighted by Crippen LogP contribution is -2.52. The maximum Gasteiger partial charge on any atom is 0.244 e. The van der Waals surface area contributed by atoms with Crippen LogP contribution in [0.4, 0.5) is 0 Å². The molecule has 2 aliphatic rings. The predicted molar refractivity (Wildman–Crippen MR) is 46.6 cm³/mol. The van der Waals surface area contributed by atoms with Crippen LogP contribution in [0.5, 0.6) is 0 Å². The van der Waals surface area contributed by atoms with Crippen LogP contribution in [0, 0.1) is 0 Å². The molecule has 1 spiro atoms. The number of hydrogen-bond donors (Lipinski definition) is 2. The average molecular weight is 164 g/mol. The number of amides is 1. The van der Waals surface area contributed by atoms with Crippen LogP contribution in [0.3, 0.4) is 0 Å². The summed E-state index contributed by atoms with van der Waals surface area (Å²) in [6.07, 6.45) is 8.74. The first-order valence-electron chi connectivity index (χ1n) is 4.19. The summed E-state index contributed by atoms with van der Waals surface area (Å²) >= 11 is 0. The van der Waals surface area contributed by atoms with Crippen molar-refractivity contribution in [2.24, 2.45) is 0 Å². The van der Waals surface area contributed by atoms with Crippen molar-refractivity contribution in [3.63, 3.8) is 0 Å². The Hall–Kier alpha value is -1.09. The Kier molecular flexibility index (Phi) is 1.73. The van der Waals surface area contributed by atoms with E-state index in [0.717, 1.165) is 13.0 Å². The molecule has 64 valence electrons. The molecule has 12 heavy (non-hydrogen) atoms. The first-order chi connectivity index (χ1) is 5.83. The number of rotatable bonds is 0. The highest BCUT2D eigenvalue weighted by atomic mass is 16.2. The van der Waals surface area contributed by atoms with Crippen LogP contribution in [-0.4, -0.2) is 24.5 Å². The molecule has 0 bridgehead atoms. The van der Waals surface area contributed by atoms with E-state index in [9.17, 15) is 4.79 Å². The molecule has 3 nitrogen and oxygen atoms in total. The molecule has 0 aromatic carbocycles. The van der Waals surface area contributed by atoms with Crippen molar-refractivity contribution in [1.82, 2.24) is 10.6 Å². The van der Waals surface area contributed by atoms with E-state index in [4.69, 9.17) is 0 Å². The highest BCUT2D eigenvalue weighted by Gasteiger charge is 2.36. The summed E-state index contributed by atoms with van der Waals surface area (Å²) in [4.78, 5) is 11.6. The van der Waals surface area contributed by atoms with E-state index in [0.29, 0.717) is 6.54 Å². The Bertz CT molecular complexity index is 257. The van der Waals surface area contributed by atoms with Gasteiger partial charge in [-0.15, -0.1) is 0 Å². The van der Waals surface area contributed by atoms with E-state index in [1.807, 2.05) is 24.3 Å². The second-order valence-corrected chi connectivity index (χ2v) is 3.14. The first kappa shape index (κ1) is 7.55. The molecule has 0 saturated carbocycles. The molecule has 0 aliphatic carbocycles. The van der Waals surface area contributed by atoms with Gasteiger partial charge in [0.05, 0.1) is 0 Å². The van der Waals surface area contributed by atoms with Crippen LogP contribution in [0.1, 0.15) is 6.42 Å². The zero-order valence-corrected chi connectivity index (χ0v) is 6.84. The Balaban J connectivity index is 2.25. The van der Waals surface area contributed by atoms with Crippen molar-refractivity contribution in [2.75, 3.05) is 13.1 Å². The van der Waals surface area contributed by atoms with Gasteiger partial charge in [-0.3, -0.25) is 10.1 Å². The first-order valence-corrected chi connectivity index (χ1v) is 4.19. The smallest absolute Gasteiger partial charge is 0.244 e. The van der Waals surface area contributed by atoms with Gasteiger partial charge in [0.2, 0.25) is 5.91 Å². The van der Waals surface area contributed by atoms with Crippen LogP contribution >= 0.6 is 0 Å². The Morgan fingerprint density at radius 2 is 2.17 bits per heavy atom. The Morgan fingerprint density at radius 1 is 1.25 bits per heavy atom. The van der Waals surface area contributed by atoms with Crippen molar-refractivity contribution in [3.8, 4) is 0 Å². The zero-order valence-electron chi connectivity index (χ0n) is 6.84. The van der Waals surface area contributed by atoms with Gasteiger partial charge in [0, 0.05) is 13.1 Å². The molecule has 2 N–H and O–H groups in total. The highest BCUT2D eigenvalue weighted by molar-refractivity contribution is 5.89. The molecule has 0 aromatic heterocycles. The van der Waals surface area contributed by atoms with Crippen LogP contribution in [0.2, 0.25) is 0 Å². The lowest BCUT2D eigenvalue weighted by Gasteiger charge is -2.23. The van der Waals surface area contributed by atoms with E-state index in [1.54, 1.807) is 0 Å². The van der Waals surface area contributed by atoms with Gasteiger partial charge >= 0.3 is 0 Å². The summed E-state index contributed by atoms with van der Waals surface area (Å²) in [5.74, 6) is 0.0845. The van der Waals surface area contributed by atoms with E-state index >= 15 is 0 Å². The van der Waals surface area contributed by atoms with Gasteiger partial charge in [0.25, 0.3) is 0 Å². The normalized spacial score (nSPS) is 33.8. The summed E-state index contributed by atoms with van der Waals surface area (Å²) in [5.41, 5.74) is -0.451. The molecular weight excluding hydrogens is 152 g/mol. The van der Waals surface area contributed by atoms with E-state index in [1.165, 1.54) is 0 Å². The third-order valence-electron chi connectivity index (χ3n) is 2.33. The predicted octanol–water partition coefficient (Wildman–Crippen LogP) is -0.0393. The van der Waals surface area contributed by atoms with E-state index in [-0.39, 0.29) is 5.91 Å². The summed E-state index contributed by atoms with van der Waals surface area (Å²) < 4.78 is 0. The molecule has 1 unspecified atom stereocenters. The molecule has 1 atom stereocenters. The zero-order chi connectivity index (χ0) is 8.44. The van der Waals surface area contributed by atoms with Gasteiger partial charge in [-0.1, -0.05) is 24.3 Å². The summed E-state index contributed by atoms with van der Waals surface area (Å²) in [7, 11) is 0. The minimum Gasteiger partial charge on any atom is -0.351 e. The second kappa shape index (κ2) is 2.75. The third-order valence-corrected chi connectivity index (χ3v) is 2.33. The number of hydrogen-bond acceptors (Lipinski definition) is 2. The molecule has 0 fully saturated rings. The Labute approximate surface area is 71.5 Å². The maximum atomic E-state index is 11.6. The number of carbonyl (C=O) groups excluding carboxylic acids is 1. The van der Waals surface area contributed by atoms with Crippen molar-refractivity contribution in [1.29, 1.82) is 0 Å². The molecule has 2 heterocycles. The van der Waals surface area contributed by atoms with Crippen LogP contribution in [-0.2, 0) is 4.79 Å². The summed E-state index contributed by atoms with van der Waals surface area (Å²) in [5, 5.41) is 6.03. The topological polar surface area (TPSA) is 41.1 Å². The largest absolute Gasteiger partial charge is 0.351 e. The van der Waals surface area contributed by atoms with Gasteiger partial charge in [-0.25, -0.2) is 0 Å². The third kappa shape index (κ3) is 1.06. The van der Waals surface area contributed by atoms with E-state index < -0.39 is 5.54 Å². The molecule has 0 aromatic rings. The standard InChI is InChI=1S/C9H12N2O/c12-8-9(5-3-7-11-9)4-1-2-6-10-8/h1-3,5,11H,4,6-7H2,(H,10,12). The van der Waals surface area contributed by atoms with Crippen molar-refractivity contribution in [2.45, 2.75) is 12.0 Å². The molecule has 2 rings (SSSR count). The lowest BCUT2D eigenvalue weighted by molar-refractivity contribution is -0.125. The van der Waals surface area contributed by atoms with Crippen LogP contribution in [0.25, 0.3) is 0 Å². The van der Waals surface area contributed by atoms with Crippen LogP contribution in [0.15, 0.2) is 24.3 Å².